The maximum absolute atomic E-state index is 9.79. The number of nitrogens with one attached hydrogen (secondary N) is 1. The monoisotopic (exact) mass is 510 g/mol. The fraction of sp³-hybridized carbons (Fsp3) is 0.500. The molecule has 1 atom stereocenters. The largest absolute Gasteiger partial charge is 0.506 e. The Kier molecular flexibility index (Phi) is 7.62. The van der Waals surface area contributed by atoms with Crippen molar-refractivity contribution < 1.29 is 10.2 Å². The Bertz CT molecular complexity index is 405. The van der Waals surface area contributed by atoms with Crippen molar-refractivity contribution in [3.8, 4) is 5.75 Å². The van der Waals surface area contributed by atoms with Crippen LogP contribution in [0.2, 0.25) is 0 Å². The van der Waals surface area contributed by atoms with E-state index in [1.807, 2.05) is 12.1 Å². The van der Waals surface area contributed by atoms with Crippen LogP contribution in [0.1, 0.15) is 11.6 Å². The molecule has 1 aliphatic heterocycles. The SMILES string of the molecule is Cl.OC[C@H](c1cc(I)c(O)c(I)c1)N1CCNCC1. The molecule has 7 heteroatoms. The zero-order valence-corrected chi connectivity index (χ0v) is 15.4. The van der Waals surface area contributed by atoms with E-state index in [1.54, 1.807) is 0 Å². The number of piperazine rings is 1. The summed E-state index contributed by atoms with van der Waals surface area (Å²) in [4.78, 5) is 2.29. The molecule has 0 radical (unpaired) electrons. The number of hydrogen-bond acceptors (Lipinski definition) is 4. The van der Waals surface area contributed by atoms with Gasteiger partial charge in [-0.3, -0.25) is 4.90 Å². The van der Waals surface area contributed by atoms with E-state index in [0.29, 0.717) is 5.75 Å². The Morgan fingerprint density at radius 3 is 2.21 bits per heavy atom. The third-order valence-corrected chi connectivity index (χ3v) is 4.83. The average Bonchev–Trinajstić information content (AvgIpc) is 2.38. The predicted octanol–water partition coefficient (Wildman–Crippen LogP) is 1.96. The molecular formula is C12H17ClI2N2O2. The molecule has 19 heavy (non-hydrogen) atoms. The first kappa shape index (κ1) is 17.7. The minimum atomic E-state index is 0. The van der Waals surface area contributed by atoms with Crippen molar-refractivity contribution in [3.05, 3.63) is 24.8 Å². The van der Waals surface area contributed by atoms with Crippen molar-refractivity contribution in [1.29, 1.82) is 0 Å². The molecular weight excluding hydrogens is 493 g/mol. The molecule has 108 valence electrons. The summed E-state index contributed by atoms with van der Waals surface area (Å²) in [5, 5.41) is 22.8. The molecule has 1 saturated heterocycles. The second kappa shape index (κ2) is 8.18. The van der Waals surface area contributed by atoms with E-state index in [1.165, 1.54) is 0 Å². The van der Waals surface area contributed by atoms with Crippen LogP contribution in [0.4, 0.5) is 0 Å². The van der Waals surface area contributed by atoms with Gasteiger partial charge in [0.2, 0.25) is 0 Å². The highest BCUT2D eigenvalue weighted by molar-refractivity contribution is 14.1. The van der Waals surface area contributed by atoms with Gasteiger partial charge in [0.05, 0.1) is 19.8 Å². The van der Waals surface area contributed by atoms with E-state index in [4.69, 9.17) is 0 Å². The van der Waals surface area contributed by atoms with E-state index in [9.17, 15) is 10.2 Å². The normalized spacial score (nSPS) is 17.8. The zero-order chi connectivity index (χ0) is 13.1. The highest BCUT2D eigenvalue weighted by Crippen LogP contribution is 2.31. The number of phenols is 1. The Morgan fingerprint density at radius 2 is 1.74 bits per heavy atom. The minimum Gasteiger partial charge on any atom is -0.506 e. The van der Waals surface area contributed by atoms with E-state index in [2.05, 4.69) is 55.4 Å². The second-order valence-corrected chi connectivity index (χ2v) is 6.64. The maximum Gasteiger partial charge on any atom is 0.142 e. The van der Waals surface area contributed by atoms with E-state index in [0.717, 1.165) is 38.9 Å². The van der Waals surface area contributed by atoms with Gasteiger partial charge >= 0.3 is 0 Å². The molecule has 0 unspecified atom stereocenters. The molecule has 1 aliphatic rings. The van der Waals surface area contributed by atoms with Gasteiger partial charge in [-0.2, -0.15) is 0 Å². The van der Waals surface area contributed by atoms with Crippen LogP contribution in [0.25, 0.3) is 0 Å². The van der Waals surface area contributed by atoms with Gasteiger partial charge < -0.3 is 15.5 Å². The van der Waals surface area contributed by atoms with E-state index in [-0.39, 0.29) is 25.1 Å². The summed E-state index contributed by atoms with van der Waals surface area (Å²) in [5.41, 5.74) is 1.08. The molecule has 4 nitrogen and oxygen atoms in total. The summed E-state index contributed by atoms with van der Waals surface area (Å²) in [5.74, 6) is 0.331. The van der Waals surface area contributed by atoms with Crippen LogP contribution in [0.3, 0.4) is 0 Å². The average molecular weight is 511 g/mol. The number of nitrogens with zero attached hydrogens (tertiary/aromatic N) is 1. The number of aromatic hydroxyl groups is 1. The lowest BCUT2D eigenvalue weighted by molar-refractivity contribution is 0.110. The fourth-order valence-electron chi connectivity index (χ4n) is 2.20. The summed E-state index contributed by atoms with van der Waals surface area (Å²) >= 11 is 4.26. The molecule has 0 amide bonds. The maximum atomic E-state index is 9.79. The van der Waals surface area contributed by atoms with Gasteiger partial charge in [-0.15, -0.1) is 12.4 Å². The van der Waals surface area contributed by atoms with Crippen molar-refractivity contribution >= 4 is 57.6 Å². The number of aliphatic hydroxyl groups excluding tert-OH is 1. The van der Waals surface area contributed by atoms with Crippen molar-refractivity contribution in [2.45, 2.75) is 6.04 Å². The number of halogens is 3. The molecule has 1 aromatic rings. The fourth-order valence-corrected chi connectivity index (χ4v) is 4.02. The second-order valence-electron chi connectivity index (χ2n) is 4.32. The van der Waals surface area contributed by atoms with Crippen LogP contribution in [0.5, 0.6) is 5.75 Å². The summed E-state index contributed by atoms with van der Waals surface area (Å²) in [7, 11) is 0. The van der Waals surface area contributed by atoms with Crippen LogP contribution in [0.15, 0.2) is 12.1 Å². The van der Waals surface area contributed by atoms with Crippen molar-refractivity contribution in [2.75, 3.05) is 32.8 Å². The number of phenolic OH excluding ortho intramolecular Hbond substituents is 1. The first-order valence-electron chi connectivity index (χ1n) is 5.87. The molecule has 2 rings (SSSR count). The van der Waals surface area contributed by atoms with Gasteiger partial charge in [-0.1, -0.05) is 0 Å². The Hall–Kier alpha value is 0.650. The molecule has 3 N–H and O–H groups in total. The first-order valence-corrected chi connectivity index (χ1v) is 8.02. The van der Waals surface area contributed by atoms with Crippen molar-refractivity contribution in [2.24, 2.45) is 0 Å². The van der Waals surface area contributed by atoms with Gasteiger partial charge in [-0.25, -0.2) is 0 Å². The molecule has 0 aliphatic carbocycles. The first-order chi connectivity index (χ1) is 8.63. The molecule has 1 heterocycles. The topological polar surface area (TPSA) is 55.7 Å². The van der Waals surface area contributed by atoms with Crippen molar-refractivity contribution in [3.63, 3.8) is 0 Å². The highest BCUT2D eigenvalue weighted by atomic mass is 127. The lowest BCUT2D eigenvalue weighted by atomic mass is 10.1. The Morgan fingerprint density at radius 1 is 1.21 bits per heavy atom. The molecule has 1 fully saturated rings. The van der Waals surface area contributed by atoms with Crippen LogP contribution in [-0.2, 0) is 0 Å². The lowest BCUT2D eigenvalue weighted by Crippen LogP contribution is -2.46. The molecule has 0 bridgehead atoms. The Balaban J connectivity index is 0.00000180. The van der Waals surface area contributed by atoms with E-state index >= 15 is 0 Å². The number of hydrogen-bond donors (Lipinski definition) is 3. The standard InChI is InChI=1S/C12H16I2N2O2.ClH/c13-9-5-8(6-10(14)12(9)18)11(7-17)16-3-1-15-2-4-16;/h5-6,11,15,17-18H,1-4,7H2;1H/t11-;/m1./s1. The van der Waals surface area contributed by atoms with Crippen LogP contribution in [-0.4, -0.2) is 47.9 Å². The van der Waals surface area contributed by atoms with Crippen LogP contribution < -0.4 is 5.32 Å². The molecule has 0 spiro atoms. The van der Waals surface area contributed by atoms with E-state index < -0.39 is 0 Å². The van der Waals surface area contributed by atoms with Gasteiger partial charge in [0.15, 0.2) is 0 Å². The highest BCUT2D eigenvalue weighted by Gasteiger charge is 2.22. The molecule has 0 saturated carbocycles. The van der Waals surface area contributed by atoms with Gasteiger partial charge in [-0.05, 0) is 62.9 Å². The predicted molar refractivity (Wildman–Crippen MR) is 95.1 cm³/mol. The zero-order valence-electron chi connectivity index (χ0n) is 10.3. The number of aliphatic hydroxyl groups is 1. The summed E-state index contributed by atoms with van der Waals surface area (Å²) < 4.78 is 1.67. The summed E-state index contributed by atoms with van der Waals surface area (Å²) in [6.07, 6.45) is 0. The third kappa shape index (κ3) is 4.31. The third-order valence-electron chi connectivity index (χ3n) is 3.19. The van der Waals surface area contributed by atoms with Gasteiger partial charge in [0.25, 0.3) is 0 Å². The smallest absolute Gasteiger partial charge is 0.142 e. The molecule has 0 aromatic heterocycles. The minimum absolute atomic E-state index is 0. The van der Waals surface area contributed by atoms with Gasteiger partial charge in [0, 0.05) is 26.2 Å². The summed E-state index contributed by atoms with van der Waals surface area (Å²) in [6.45, 7) is 3.92. The van der Waals surface area contributed by atoms with Crippen LogP contribution in [0, 0.1) is 7.14 Å². The Labute approximate surface area is 146 Å². The van der Waals surface area contributed by atoms with Crippen LogP contribution >= 0.6 is 57.6 Å². The quantitative estimate of drug-likeness (QED) is 0.545. The summed E-state index contributed by atoms with van der Waals surface area (Å²) in [6, 6.07) is 3.94. The number of rotatable bonds is 3. The van der Waals surface area contributed by atoms with Crippen molar-refractivity contribution in [1.82, 2.24) is 10.2 Å². The molecule has 1 aromatic carbocycles. The van der Waals surface area contributed by atoms with Gasteiger partial charge in [0.1, 0.15) is 5.75 Å². The lowest BCUT2D eigenvalue weighted by Gasteiger charge is -2.34. The number of benzene rings is 1.